The maximum absolute atomic E-state index is 11.6. The number of nitrogens with two attached hydrogens (primary N) is 1. The minimum absolute atomic E-state index is 0.263. The molecule has 5 nitrogen and oxygen atoms in total. The summed E-state index contributed by atoms with van der Waals surface area (Å²) in [6.45, 7) is 0.314. The van der Waals surface area contributed by atoms with Crippen LogP contribution in [-0.2, 0) is 11.2 Å². The van der Waals surface area contributed by atoms with Gasteiger partial charge in [-0.15, -0.1) is 0 Å². The van der Waals surface area contributed by atoms with E-state index >= 15 is 0 Å². The predicted molar refractivity (Wildman–Crippen MR) is 66.9 cm³/mol. The molecule has 0 aliphatic rings. The van der Waals surface area contributed by atoms with Crippen LogP contribution in [0.25, 0.3) is 0 Å². The summed E-state index contributed by atoms with van der Waals surface area (Å²) >= 11 is 0. The van der Waals surface area contributed by atoms with Crippen molar-refractivity contribution in [2.45, 2.75) is 6.42 Å². The maximum atomic E-state index is 11.6. The van der Waals surface area contributed by atoms with Gasteiger partial charge in [-0.2, -0.15) is 0 Å². The zero-order valence-corrected chi connectivity index (χ0v) is 9.74. The monoisotopic (exact) mass is 243 g/mol. The molecule has 0 radical (unpaired) electrons. The zero-order valence-electron chi connectivity index (χ0n) is 9.74. The molecule has 0 aliphatic heterocycles. The van der Waals surface area contributed by atoms with E-state index in [4.69, 9.17) is 10.5 Å². The largest absolute Gasteiger partial charge is 0.461 e. The first kappa shape index (κ1) is 12.0. The van der Waals surface area contributed by atoms with E-state index in [0.29, 0.717) is 18.7 Å². The van der Waals surface area contributed by atoms with E-state index in [9.17, 15) is 4.79 Å². The van der Waals surface area contributed by atoms with Crippen LogP contribution in [0.5, 0.6) is 0 Å². The Bertz CT molecular complexity index is 512. The summed E-state index contributed by atoms with van der Waals surface area (Å²) in [7, 11) is 0. The first-order valence-electron chi connectivity index (χ1n) is 5.53. The second kappa shape index (κ2) is 5.77. The first-order chi connectivity index (χ1) is 8.75. The molecule has 0 amide bonds. The predicted octanol–water partition coefficient (Wildman–Crippen LogP) is 1.46. The molecule has 2 N–H and O–H groups in total. The molecule has 0 atom stereocenters. The van der Waals surface area contributed by atoms with Crippen LogP contribution in [0.15, 0.2) is 42.9 Å². The van der Waals surface area contributed by atoms with Crippen molar-refractivity contribution in [3.8, 4) is 0 Å². The van der Waals surface area contributed by atoms with Crippen molar-refractivity contribution in [3.05, 3.63) is 54.1 Å². The van der Waals surface area contributed by atoms with Crippen molar-refractivity contribution >= 4 is 11.7 Å². The molecule has 0 aromatic carbocycles. The van der Waals surface area contributed by atoms with Gasteiger partial charge < -0.3 is 10.5 Å². The fraction of sp³-hybridized carbons (Fsp3) is 0.154. The minimum Gasteiger partial charge on any atom is -0.461 e. The molecule has 0 fully saturated rings. The molecule has 2 aromatic heterocycles. The van der Waals surface area contributed by atoms with Gasteiger partial charge in [-0.05, 0) is 29.8 Å². The van der Waals surface area contributed by atoms with Crippen LogP contribution in [-0.4, -0.2) is 22.5 Å². The number of aromatic nitrogens is 2. The maximum Gasteiger partial charge on any atom is 0.356 e. The molecule has 18 heavy (non-hydrogen) atoms. The van der Waals surface area contributed by atoms with Crippen LogP contribution < -0.4 is 5.73 Å². The molecule has 92 valence electrons. The fourth-order valence-corrected chi connectivity index (χ4v) is 1.41. The van der Waals surface area contributed by atoms with Gasteiger partial charge in [0.1, 0.15) is 5.69 Å². The number of ether oxygens (including phenoxy) is 1. The Morgan fingerprint density at radius 1 is 1.22 bits per heavy atom. The first-order valence-corrected chi connectivity index (χ1v) is 5.53. The lowest BCUT2D eigenvalue weighted by Gasteiger charge is -2.04. The Balaban J connectivity index is 1.84. The van der Waals surface area contributed by atoms with Crippen LogP contribution in [0, 0.1) is 0 Å². The SMILES string of the molecule is Nc1ccc(C(=O)OCCc2ccncc2)nc1. The number of pyridine rings is 2. The number of carbonyl (C=O) groups excluding carboxylic acids is 1. The van der Waals surface area contributed by atoms with Crippen LogP contribution in [0.2, 0.25) is 0 Å². The van der Waals surface area contributed by atoms with Gasteiger partial charge in [-0.1, -0.05) is 0 Å². The lowest BCUT2D eigenvalue weighted by Crippen LogP contribution is -2.10. The smallest absolute Gasteiger partial charge is 0.356 e. The van der Waals surface area contributed by atoms with Gasteiger partial charge in [0.15, 0.2) is 0 Å². The number of esters is 1. The number of hydrogen-bond acceptors (Lipinski definition) is 5. The van der Waals surface area contributed by atoms with Gasteiger partial charge in [-0.3, -0.25) is 4.98 Å². The molecule has 0 spiro atoms. The second-order valence-corrected chi connectivity index (χ2v) is 3.72. The molecule has 0 saturated carbocycles. The molecule has 0 bridgehead atoms. The van der Waals surface area contributed by atoms with E-state index < -0.39 is 5.97 Å². The molecule has 0 unspecified atom stereocenters. The molecule has 2 rings (SSSR count). The van der Waals surface area contributed by atoms with Crippen molar-refractivity contribution < 1.29 is 9.53 Å². The lowest BCUT2D eigenvalue weighted by molar-refractivity contribution is 0.0502. The molecular weight excluding hydrogens is 230 g/mol. The number of nitrogens with zero attached hydrogens (tertiary/aromatic N) is 2. The van der Waals surface area contributed by atoms with Gasteiger partial charge in [-0.25, -0.2) is 9.78 Å². The quantitative estimate of drug-likeness (QED) is 0.822. The van der Waals surface area contributed by atoms with Crippen molar-refractivity contribution in [2.75, 3.05) is 12.3 Å². The molecule has 5 heteroatoms. The number of nitrogen functional groups attached to an aromatic ring is 1. The van der Waals surface area contributed by atoms with Crippen molar-refractivity contribution in [1.82, 2.24) is 9.97 Å². The Labute approximate surface area is 105 Å². The summed E-state index contributed by atoms with van der Waals surface area (Å²) in [5, 5.41) is 0. The number of anilines is 1. The van der Waals surface area contributed by atoms with Crippen molar-refractivity contribution in [2.24, 2.45) is 0 Å². The summed E-state index contributed by atoms with van der Waals surface area (Å²) in [4.78, 5) is 19.4. The third kappa shape index (κ3) is 3.28. The Hall–Kier alpha value is -2.43. The van der Waals surface area contributed by atoms with E-state index in [0.717, 1.165) is 5.56 Å². The summed E-state index contributed by atoms with van der Waals surface area (Å²) in [5.74, 6) is -0.441. The molecular formula is C13H13N3O2. The molecule has 0 aliphatic carbocycles. The Morgan fingerprint density at radius 2 is 2.00 bits per heavy atom. The van der Waals surface area contributed by atoms with Crippen LogP contribution in [0.1, 0.15) is 16.1 Å². The summed E-state index contributed by atoms with van der Waals surface area (Å²) in [6, 6.07) is 6.93. The van der Waals surface area contributed by atoms with Crippen molar-refractivity contribution in [3.63, 3.8) is 0 Å². The highest BCUT2D eigenvalue weighted by molar-refractivity contribution is 5.87. The van der Waals surface area contributed by atoms with E-state index in [2.05, 4.69) is 9.97 Å². The fourth-order valence-electron chi connectivity index (χ4n) is 1.41. The van der Waals surface area contributed by atoms with Crippen LogP contribution in [0.3, 0.4) is 0 Å². The summed E-state index contributed by atoms with van der Waals surface area (Å²) < 4.78 is 5.11. The second-order valence-electron chi connectivity index (χ2n) is 3.72. The van der Waals surface area contributed by atoms with E-state index in [1.807, 2.05) is 12.1 Å². The van der Waals surface area contributed by atoms with Gasteiger partial charge >= 0.3 is 5.97 Å². The Kier molecular flexibility index (Phi) is 3.86. The third-order valence-corrected chi connectivity index (χ3v) is 2.37. The highest BCUT2D eigenvalue weighted by Crippen LogP contribution is 2.04. The van der Waals surface area contributed by atoms with Crippen LogP contribution >= 0.6 is 0 Å². The summed E-state index contributed by atoms with van der Waals surface area (Å²) in [6.07, 6.45) is 5.50. The molecule has 0 saturated heterocycles. The summed E-state index contributed by atoms with van der Waals surface area (Å²) in [5.41, 5.74) is 7.33. The highest BCUT2D eigenvalue weighted by atomic mass is 16.5. The van der Waals surface area contributed by atoms with Gasteiger partial charge in [0.25, 0.3) is 0 Å². The standard InChI is InChI=1S/C13H13N3O2/c14-11-1-2-12(16-9-11)13(17)18-8-5-10-3-6-15-7-4-10/h1-4,6-7,9H,5,8,14H2. The molecule has 2 aromatic rings. The average molecular weight is 243 g/mol. The van der Waals surface area contributed by atoms with E-state index in [1.54, 1.807) is 24.5 Å². The highest BCUT2D eigenvalue weighted by Gasteiger charge is 2.07. The topological polar surface area (TPSA) is 78.1 Å². The minimum atomic E-state index is -0.441. The third-order valence-electron chi connectivity index (χ3n) is 2.37. The lowest BCUT2D eigenvalue weighted by atomic mass is 10.2. The van der Waals surface area contributed by atoms with Gasteiger partial charge in [0, 0.05) is 18.8 Å². The normalized spacial score (nSPS) is 10.0. The van der Waals surface area contributed by atoms with Gasteiger partial charge in [0.05, 0.1) is 18.5 Å². The van der Waals surface area contributed by atoms with Crippen LogP contribution in [0.4, 0.5) is 5.69 Å². The van der Waals surface area contributed by atoms with E-state index in [-0.39, 0.29) is 5.69 Å². The van der Waals surface area contributed by atoms with Gasteiger partial charge in [0.2, 0.25) is 0 Å². The van der Waals surface area contributed by atoms with E-state index in [1.165, 1.54) is 6.20 Å². The molecule has 2 heterocycles. The Morgan fingerprint density at radius 3 is 2.67 bits per heavy atom. The zero-order chi connectivity index (χ0) is 12.8. The number of rotatable bonds is 4. The average Bonchev–Trinajstić information content (AvgIpc) is 2.40. The number of hydrogen-bond donors (Lipinski definition) is 1. The number of carbonyl (C=O) groups is 1. The van der Waals surface area contributed by atoms with Crippen molar-refractivity contribution in [1.29, 1.82) is 0 Å².